The Morgan fingerprint density at radius 3 is 2.50 bits per heavy atom. The molecule has 3 nitrogen and oxygen atoms in total. The summed E-state index contributed by atoms with van der Waals surface area (Å²) in [7, 11) is 0. The Labute approximate surface area is 112 Å². The fourth-order valence-electron chi connectivity index (χ4n) is 3.07. The van der Waals surface area contributed by atoms with E-state index in [-0.39, 0.29) is 11.9 Å². The molecule has 0 bridgehead atoms. The number of rotatable bonds is 7. The summed E-state index contributed by atoms with van der Waals surface area (Å²) in [5, 5.41) is 3.21. The number of hydrogen-bond acceptors (Lipinski definition) is 2. The monoisotopic (exact) mass is 254 g/mol. The van der Waals surface area contributed by atoms with Crippen LogP contribution in [0.15, 0.2) is 0 Å². The summed E-state index contributed by atoms with van der Waals surface area (Å²) in [5.41, 5.74) is 5.92. The molecule has 18 heavy (non-hydrogen) atoms. The normalized spacial score (nSPS) is 20.4. The standard InChI is InChI=1S/C15H30N2O/c1-3-8-13(16)11-15(18)17-14(4-2)12-9-6-5-7-10-12/h12-14H,3-11,16H2,1-2H3,(H,17,18). The van der Waals surface area contributed by atoms with Gasteiger partial charge in [-0.2, -0.15) is 0 Å². The zero-order valence-electron chi connectivity index (χ0n) is 12.1. The van der Waals surface area contributed by atoms with Crippen LogP contribution in [0.4, 0.5) is 0 Å². The van der Waals surface area contributed by atoms with E-state index in [9.17, 15) is 4.79 Å². The molecule has 1 amide bonds. The molecule has 1 rings (SSSR count). The first-order valence-corrected chi connectivity index (χ1v) is 7.72. The van der Waals surface area contributed by atoms with Crippen LogP contribution in [0.3, 0.4) is 0 Å². The number of nitrogens with one attached hydrogen (secondary N) is 1. The first-order valence-electron chi connectivity index (χ1n) is 7.72. The van der Waals surface area contributed by atoms with Gasteiger partial charge in [0, 0.05) is 18.5 Å². The van der Waals surface area contributed by atoms with Gasteiger partial charge in [-0.25, -0.2) is 0 Å². The fraction of sp³-hybridized carbons (Fsp3) is 0.933. The van der Waals surface area contributed by atoms with E-state index in [4.69, 9.17) is 5.73 Å². The van der Waals surface area contributed by atoms with Crippen LogP contribution in [0.2, 0.25) is 0 Å². The van der Waals surface area contributed by atoms with Crippen molar-refractivity contribution in [3.8, 4) is 0 Å². The maximum absolute atomic E-state index is 11.9. The van der Waals surface area contributed by atoms with Crippen molar-refractivity contribution in [2.75, 3.05) is 0 Å². The smallest absolute Gasteiger partial charge is 0.221 e. The van der Waals surface area contributed by atoms with Gasteiger partial charge in [-0.3, -0.25) is 4.79 Å². The second-order valence-corrected chi connectivity index (χ2v) is 5.73. The molecule has 2 unspecified atom stereocenters. The zero-order valence-corrected chi connectivity index (χ0v) is 12.1. The number of hydrogen-bond donors (Lipinski definition) is 2. The second kappa shape index (κ2) is 8.52. The van der Waals surface area contributed by atoms with Crippen molar-refractivity contribution in [2.45, 2.75) is 83.7 Å². The molecule has 2 atom stereocenters. The highest BCUT2D eigenvalue weighted by molar-refractivity contribution is 5.76. The molecule has 0 radical (unpaired) electrons. The first kappa shape index (κ1) is 15.5. The minimum Gasteiger partial charge on any atom is -0.353 e. The van der Waals surface area contributed by atoms with Crippen LogP contribution >= 0.6 is 0 Å². The van der Waals surface area contributed by atoms with Gasteiger partial charge in [0.15, 0.2) is 0 Å². The molecule has 1 aliphatic carbocycles. The van der Waals surface area contributed by atoms with Gasteiger partial charge in [0.25, 0.3) is 0 Å². The largest absolute Gasteiger partial charge is 0.353 e. The maximum atomic E-state index is 11.9. The second-order valence-electron chi connectivity index (χ2n) is 5.73. The predicted molar refractivity (Wildman–Crippen MR) is 76.3 cm³/mol. The Hall–Kier alpha value is -0.570. The summed E-state index contributed by atoms with van der Waals surface area (Å²) >= 11 is 0. The lowest BCUT2D eigenvalue weighted by Gasteiger charge is -2.30. The fourth-order valence-corrected chi connectivity index (χ4v) is 3.07. The molecule has 0 aliphatic heterocycles. The minimum absolute atomic E-state index is 0.0267. The molecule has 3 N–H and O–H groups in total. The Morgan fingerprint density at radius 2 is 1.94 bits per heavy atom. The summed E-state index contributed by atoms with van der Waals surface area (Å²) in [6.07, 6.45) is 10.1. The summed E-state index contributed by atoms with van der Waals surface area (Å²) < 4.78 is 0. The molecule has 0 saturated heterocycles. The van der Waals surface area contributed by atoms with Crippen molar-refractivity contribution in [3.63, 3.8) is 0 Å². The van der Waals surface area contributed by atoms with Crippen LogP contribution in [0, 0.1) is 5.92 Å². The average molecular weight is 254 g/mol. The highest BCUT2D eigenvalue weighted by Crippen LogP contribution is 2.27. The van der Waals surface area contributed by atoms with Crippen molar-refractivity contribution < 1.29 is 4.79 Å². The van der Waals surface area contributed by atoms with Gasteiger partial charge in [-0.1, -0.05) is 39.5 Å². The molecule has 1 fully saturated rings. The summed E-state index contributed by atoms with van der Waals surface area (Å²) in [6.45, 7) is 4.28. The molecule has 0 heterocycles. The van der Waals surface area contributed by atoms with E-state index >= 15 is 0 Å². The lowest BCUT2D eigenvalue weighted by molar-refractivity contribution is -0.122. The third-order valence-corrected chi connectivity index (χ3v) is 4.11. The Kier molecular flexibility index (Phi) is 7.33. The summed E-state index contributed by atoms with van der Waals surface area (Å²) in [6, 6.07) is 0.394. The quantitative estimate of drug-likeness (QED) is 0.734. The molecule has 0 aromatic heterocycles. The van der Waals surface area contributed by atoms with Crippen LogP contribution in [0.1, 0.15) is 71.6 Å². The summed E-state index contributed by atoms with van der Waals surface area (Å²) in [5.74, 6) is 0.837. The lowest BCUT2D eigenvalue weighted by Crippen LogP contribution is -2.42. The zero-order chi connectivity index (χ0) is 13.4. The maximum Gasteiger partial charge on any atom is 0.221 e. The van der Waals surface area contributed by atoms with E-state index < -0.39 is 0 Å². The molecular weight excluding hydrogens is 224 g/mol. The number of amides is 1. The van der Waals surface area contributed by atoms with Gasteiger partial charge in [0.1, 0.15) is 0 Å². The molecule has 3 heteroatoms. The van der Waals surface area contributed by atoms with Gasteiger partial charge in [0.2, 0.25) is 5.91 Å². The van der Waals surface area contributed by atoms with E-state index in [1.807, 2.05) is 0 Å². The SMILES string of the molecule is CCCC(N)CC(=O)NC(CC)C1CCCCC1. The number of nitrogens with two attached hydrogens (primary N) is 1. The number of carbonyl (C=O) groups is 1. The topological polar surface area (TPSA) is 55.1 Å². The molecule has 0 aromatic carbocycles. The van der Waals surface area contributed by atoms with Crippen molar-refractivity contribution in [3.05, 3.63) is 0 Å². The number of carbonyl (C=O) groups excluding carboxylic acids is 1. The first-order chi connectivity index (χ1) is 8.67. The highest BCUT2D eigenvalue weighted by Gasteiger charge is 2.23. The van der Waals surface area contributed by atoms with Crippen LogP contribution in [0.25, 0.3) is 0 Å². The molecule has 106 valence electrons. The van der Waals surface area contributed by atoms with Crippen molar-refractivity contribution in [1.82, 2.24) is 5.32 Å². The van der Waals surface area contributed by atoms with Gasteiger partial charge in [-0.05, 0) is 31.6 Å². The highest BCUT2D eigenvalue weighted by atomic mass is 16.1. The van der Waals surface area contributed by atoms with E-state index in [1.54, 1.807) is 0 Å². The molecule has 0 aromatic rings. The van der Waals surface area contributed by atoms with Gasteiger partial charge < -0.3 is 11.1 Å². The molecular formula is C15H30N2O. The van der Waals surface area contributed by atoms with Crippen LogP contribution < -0.4 is 11.1 Å². The average Bonchev–Trinajstić information content (AvgIpc) is 2.37. The Bertz CT molecular complexity index is 237. The molecule has 1 saturated carbocycles. The van der Waals surface area contributed by atoms with Crippen LogP contribution in [0.5, 0.6) is 0 Å². The predicted octanol–water partition coefficient (Wildman–Crippen LogP) is 2.98. The van der Waals surface area contributed by atoms with E-state index in [2.05, 4.69) is 19.2 Å². The Balaban J connectivity index is 2.34. The molecule has 1 aliphatic rings. The van der Waals surface area contributed by atoms with Crippen molar-refractivity contribution >= 4 is 5.91 Å². The van der Waals surface area contributed by atoms with E-state index in [0.717, 1.165) is 19.3 Å². The van der Waals surface area contributed by atoms with Gasteiger partial charge in [0.05, 0.1) is 0 Å². The van der Waals surface area contributed by atoms with Crippen LogP contribution in [-0.2, 0) is 4.79 Å². The van der Waals surface area contributed by atoms with E-state index in [1.165, 1.54) is 32.1 Å². The lowest BCUT2D eigenvalue weighted by atomic mass is 9.83. The summed E-state index contributed by atoms with van der Waals surface area (Å²) in [4.78, 5) is 11.9. The van der Waals surface area contributed by atoms with Crippen molar-refractivity contribution in [2.24, 2.45) is 11.7 Å². The molecule has 0 spiro atoms. The van der Waals surface area contributed by atoms with Crippen molar-refractivity contribution in [1.29, 1.82) is 0 Å². The Morgan fingerprint density at radius 1 is 1.28 bits per heavy atom. The third-order valence-electron chi connectivity index (χ3n) is 4.11. The van der Waals surface area contributed by atoms with E-state index in [0.29, 0.717) is 18.4 Å². The third kappa shape index (κ3) is 5.38. The van der Waals surface area contributed by atoms with Gasteiger partial charge >= 0.3 is 0 Å². The minimum atomic E-state index is 0.0267. The van der Waals surface area contributed by atoms with Crippen LogP contribution in [-0.4, -0.2) is 18.0 Å². The van der Waals surface area contributed by atoms with Gasteiger partial charge in [-0.15, -0.1) is 0 Å².